The van der Waals surface area contributed by atoms with Gasteiger partial charge in [-0.1, -0.05) is 0 Å². The average Bonchev–Trinajstić information content (AvgIpc) is 2.26. The van der Waals surface area contributed by atoms with Crippen molar-refractivity contribution in [1.82, 2.24) is 0 Å². The highest BCUT2D eigenvalue weighted by Gasteiger charge is 2.09. The lowest BCUT2D eigenvalue weighted by atomic mass is 10.3. The molecule has 15 heavy (non-hydrogen) atoms. The molecule has 9 N–H and O–H groups in total. The Labute approximate surface area is 87.5 Å². The minimum atomic E-state index is -1.05. The number of carbonyl (C=O) groups excluding carboxylic acids is 1. The highest BCUT2D eigenvalue weighted by atomic mass is 16.5. The molecule has 0 fully saturated rings. The minimum Gasteiger partial charge on any atom is -0.480 e. The number of nitrogens with two attached hydrogens (primary N) is 4. The average molecular weight is 222 g/mol. The van der Waals surface area contributed by atoms with E-state index in [1.165, 1.54) is 7.11 Å². The zero-order valence-electron chi connectivity index (χ0n) is 8.55. The molecule has 0 aliphatic heterocycles. The quantitative estimate of drug-likeness (QED) is 0.310. The Kier molecular flexibility index (Phi) is 10.1. The molecule has 0 aromatic rings. The zero-order valence-corrected chi connectivity index (χ0v) is 8.55. The third kappa shape index (κ3) is 9.09. The molecule has 0 amide bonds. The monoisotopic (exact) mass is 222 g/mol. The van der Waals surface area contributed by atoms with Gasteiger partial charge in [0.25, 0.3) is 0 Å². The molecule has 90 valence electrons. The molecular weight excluding hydrogens is 204 g/mol. The predicted octanol–water partition coefficient (Wildman–Crippen LogP) is -3.20. The van der Waals surface area contributed by atoms with Crippen molar-refractivity contribution in [2.75, 3.05) is 20.2 Å². The number of esters is 1. The van der Waals surface area contributed by atoms with Crippen LogP contribution in [0.15, 0.2) is 0 Å². The number of methoxy groups -OCH3 is 1. The largest absolute Gasteiger partial charge is 0.480 e. The summed E-state index contributed by atoms with van der Waals surface area (Å²) >= 11 is 0. The highest BCUT2D eigenvalue weighted by Crippen LogP contribution is 1.76. The van der Waals surface area contributed by atoms with E-state index in [1.54, 1.807) is 0 Å². The fourth-order valence-electron chi connectivity index (χ4n) is 0.348. The van der Waals surface area contributed by atoms with Crippen LogP contribution in [0, 0.1) is 0 Å². The Morgan fingerprint density at radius 1 is 1.20 bits per heavy atom. The molecule has 0 rings (SSSR count). The van der Waals surface area contributed by atoms with E-state index in [9.17, 15) is 9.59 Å². The van der Waals surface area contributed by atoms with E-state index < -0.39 is 24.0 Å². The van der Waals surface area contributed by atoms with Gasteiger partial charge in [-0.15, -0.1) is 0 Å². The Bertz CT molecular complexity index is 199. The molecule has 0 radical (unpaired) electrons. The Hall–Kier alpha value is -1.22. The number of hydrogen-bond donors (Lipinski definition) is 5. The third-order valence-electron chi connectivity index (χ3n) is 1.33. The van der Waals surface area contributed by atoms with Crippen LogP contribution in [0.5, 0.6) is 0 Å². The standard InChI is InChI=1S/C4H10N2O2.C3H8N2O2/c1-8-4(7)3(6)2-5;4-1-2(5)3(6)7/h3H,2,5-6H2,1H3;2H,1,4-5H2,(H,6,7)/t3-;2-/m00/s1. The molecule has 0 aromatic heterocycles. The molecule has 0 saturated carbocycles. The minimum absolute atomic E-state index is 0.00463. The van der Waals surface area contributed by atoms with Crippen molar-refractivity contribution in [2.45, 2.75) is 12.1 Å². The normalized spacial score (nSPS) is 13.1. The van der Waals surface area contributed by atoms with Crippen molar-refractivity contribution in [3.63, 3.8) is 0 Å². The maximum absolute atomic E-state index is 10.3. The summed E-state index contributed by atoms with van der Waals surface area (Å²) in [5.41, 5.74) is 19.9. The first-order valence-corrected chi connectivity index (χ1v) is 4.12. The van der Waals surface area contributed by atoms with Gasteiger partial charge in [0.1, 0.15) is 12.1 Å². The molecule has 8 nitrogen and oxygen atoms in total. The van der Waals surface area contributed by atoms with E-state index in [0.29, 0.717) is 0 Å². The third-order valence-corrected chi connectivity index (χ3v) is 1.33. The van der Waals surface area contributed by atoms with Crippen LogP contribution in [0.3, 0.4) is 0 Å². The van der Waals surface area contributed by atoms with Gasteiger partial charge in [0.2, 0.25) is 0 Å². The Balaban J connectivity index is 0. The van der Waals surface area contributed by atoms with Crippen molar-refractivity contribution in [1.29, 1.82) is 0 Å². The molecule has 0 bridgehead atoms. The predicted molar refractivity (Wildman–Crippen MR) is 53.7 cm³/mol. The van der Waals surface area contributed by atoms with Crippen molar-refractivity contribution >= 4 is 11.9 Å². The fourth-order valence-corrected chi connectivity index (χ4v) is 0.348. The van der Waals surface area contributed by atoms with Crippen molar-refractivity contribution in [2.24, 2.45) is 22.9 Å². The molecule has 0 heterocycles. The van der Waals surface area contributed by atoms with Crippen molar-refractivity contribution < 1.29 is 19.4 Å². The summed E-state index contributed by atoms with van der Waals surface area (Å²) in [6.45, 7) is 0.127. The summed E-state index contributed by atoms with van der Waals surface area (Å²) < 4.78 is 4.26. The van der Waals surface area contributed by atoms with E-state index in [4.69, 9.17) is 28.0 Å². The number of hydrogen-bond acceptors (Lipinski definition) is 7. The topological polar surface area (TPSA) is 168 Å². The zero-order chi connectivity index (χ0) is 12.4. The van der Waals surface area contributed by atoms with Gasteiger partial charge in [-0.3, -0.25) is 9.59 Å². The lowest BCUT2D eigenvalue weighted by Crippen LogP contribution is -2.38. The van der Waals surface area contributed by atoms with Crippen LogP contribution >= 0.6 is 0 Å². The summed E-state index contributed by atoms with van der Waals surface area (Å²) in [4.78, 5) is 20.0. The first-order chi connectivity index (χ1) is 6.90. The van der Waals surface area contributed by atoms with Crippen LogP contribution in [-0.4, -0.2) is 49.3 Å². The Morgan fingerprint density at radius 2 is 1.60 bits per heavy atom. The number of carbonyl (C=O) groups is 2. The number of carboxylic acid groups (broad SMARTS) is 1. The van der Waals surface area contributed by atoms with Gasteiger partial charge in [0.05, 0.1) is 7.11 Å². The van der Waals surface area contributed by atoms with Gasteiger partial charge in [0, 0.05) is 13.1 Å². The van der Waals surface area contributed by atoms with Crippen LogP contribution < -0.4 is 22.9 Å². The molecule has 0 spiro atoms. The molecule has 0 aliphatic carbocycles. The second-order valence-corrected chi connectivity index (χ2v) is 2.55. The van der Waals surface area contributed by atoms with Crippen LogP contribution in [0.1, 0.15) is 0 Å². The molecular formula is C7H18N4O4. The van der Waals surface area contributed by atoms with E-state index in [1.807, 2.05) is 0 Å². The van der Waals surface area contributed by atoms with Crippen molar-refractivity contribution in [3.8, 4) is 0 Å². The molecule has 2 atom stereocenters. The lowest BCUT2D eigenvalue weighted by Gasteiger charge is -2.03. The molecule has 0 aliphatic rings. The van der Waals surface area contributed by atoms with E-state index in [-0.39, 0.29) is 13.1 Å². The maximum Gasteiger partial charge on any atom is 0.323 e. The van der Waals surface area contributed by atoms with Crippen LogP contribution in [0.4, 0.5) is 0 Å². The summed E-state index contributed by atoms with van der Waals surface area (Å²) in [7, 11) is 1.28. The number of aliphatic carboxylic acids is 1. The number of ether oxygens (including phenoxy) is 1. The number of carboxylic acids is 1. The summed E-state index contributed by atoms with van der Waals surface area (Å²) in [5, 5.41) is 7.98. The lowest BCUT2D eigenvalue weighted by molar-refractivity contribution is -0.142. The Morgan fingerprint density at radius 3 is 1.67 bits per heavy atom. The van der Waals surface area contributed by atoms with Crippen LogP contribution in [0.2, 0.25) is 0 Å². The molecule has 0 unspecified atom stereocenters. The summed E-state index contributed by atoms with van der Waals surface area (Å²) in [5.74, 6) is -1.52. The second kappa shape index (κ2) is 9.34. The molecule has 8 heteroatoms. The van der Waals surface area contributed by atoms with Gasteiger partial charge in [-0.05, 0) is 0 Å². The van der Waals surface area contributed by atoms with Crippen LogP contribution in [0.25, 0.3) is 0 Å². The van der Waals surface area contributed by atoms with Gasteiger partial charge in [-0.25, -0.2) is 0 Å². The SMILES string of the molecule is COC(=O)[C@@H](N)CN.NC[C@H](N)C(=O)O. The van der Waals surface area contributed by atoms with Gasteiger partial charge in [0.15, 0.2) is 0 Å². The first-order valence-electron chi connectivity index (χ1n) is 4.12. The second-order valence-electron chi connectivity index (χ2n) is 2.55. The maximum atomic E-state index is 10.3. The molecule has 0 aromatic carbocycles. The van der Waals surface area contributed by atoms with Gasteiger partial charge < -0.3 is 32.8 Å². The van der Waals surface area contributed by atoms with Gasteiger partial charge in [-0.2, -0.15) is 0 Å². The highest BCUT2D eigenvalue weighted by molar-refractivity contribution is 5.75. The summed E-state index contributed by atoms with van der Waals surface area (Å²) in [6, 6.07) is -1.57. The van der Waals surface area contributed by atoms with Crippen molar-refractivity contribution in [3.05, 3.63) is 0 Å². The number of rotatable bonds is 4. The van der Waals surface area contributed by atoms with Gasteiger partial charge >= 0.3 is 11.9 Å². The fraction of sp³-hybridized carbons (Fsp3) is 0.714. The molecule has 0 saturated heterocycles. The van der Waals surface area contributed by atoms with E-state index in [2.05, 4.69) is 4.74 Å². The smallest absolute Gasteiger partial charge is 0.323 e. The first kappa shape index (κ1) is 16.2. The van der Waals surface area contributed by atoms with Crippen LogP contribution in [-0.2, 0) is 14.3 Å². The van der Waals surface area contributed by atoms with E-state index >= 15 is 0 Å². The summed E-state index contributed by atoms with van der Waals surface area (Å²) in [6.07, 6.45) is 0. The van der Waals surface area contributed by atoms with E-state index in [0.717, 1.165) is 0 Å².